The first-order valence-corrected chi connectivity index (χ1v) is 6.93. The number of anilines is 1. The van der Waals surface area contributed by atoms with E-state index in [-0.39, 0.29) is 0 Å². The van der Waals surface area contributed by atoms with Gasteiger partial charge in [0.15, 0.2) is 0 Å². The molecule has 0 radical (unpaired) electrons. The highest BCUT2D eigenvalue weighted by atomic mass is 15.3. The number of imidazole rings is 1. The van der Waals surface area contributed by atoms with Crippen molar-refractivity contribution >= 4 is 5.95 Å². The Balaban J connectivity index is 1.96. The molecule has 0 aliphatic rings. The molecule has 0 saturated heterocycles. The van der Waals surface area contributed by atoms with Crippen molar-refractivity contribution in [2.24, 2.45) is 14.1 Å². The summed E-state index contributed by atoms with van der Waals surface area (Å²) < 4.78 is 3.99. The smallest absolute Gasteiger partial charge is 0.204 e. The predicted molar refractivity (Wildman–Crippen MR) is 80.7 cm³/mol. The molecule has 2 aromatic heterocycles. The zero-order valence-electron chi connectivity index (χ0n) is 13.0. The molecule has 0 fully saturated rings. The van der Waals surface area contributed by atoms with Crippen LogP contribution in [0.2, 0.25) is 0 Å². The number of aromatic nitrogens is 4. The maximum atomic E-state index is 4.45. The van der Waals surface area contributed by atoms with Gasteiger partial charge in [0, 0.05) is 53.0 Å². The fraction of sp³-hybridized carbons (Fsp3) is 0.571. The van der Waals surface area contributed by atoms with Crippen LogP contribution in [0.1, 0.15) is 23.9 Å². The van der Waals surface area contributed by atoms with Crippen LogP contribution in [0.15, 0.2) is 12.4 Å². The minimum absolute atomic E-state index is 0.801. The number of rotatable bonds is 6. The second-order valence-corrected chi connectivity index (χ2v) is 5.23. The summed E-state index contributed by atoms with van der Waals surface area (Å²) in [7, 11) is 8.01. The Bertz CT molecular complexity index is 566. The highest BCUT2D eigenvalue weighted by Crippen LogP contribution is 2.11. The zero-order valence-corrected chi connectivity index (χ0v) is 13.0. The Morgan fingerprint density at radius 3 is 2.60 bits per heavy atom. The maximum absolute atomic E-state index is 4.45. The van der Waals surface area contributed by atoms with Crippen LogP contribution >= 0.6 is 0 Å². The standard InChI is InChI=1S/C14H24N6/c1-6-13-11(10-19(4)17-13)7-15-8-12-9-16-14(18(2)3)20(12)5/h9-10,15H,6-8H2,1-5H3. The summed E-state index contributed by atoms with van der Waals surface area (Å²) in [5, 5.41) is 7.92. The van der Waals surface area contributed by atoms with Gasteiger partial charge in [0.1, 0.15) is 0 Å². The van der Waals surface area contributed by atoms with E-state index in [1.807, 2.05) is 44.0 Å². The summed E-state index contributed by atoms with van der Waals surface area (Å²) in [5.74, 6) is 0.970. The molecule has 0 aromatic carbocycles. The third-order valence-electron chi connectivity index (χ3n) is 3.41. The van der Waals surface area contributed by atoms with E-state index in [0.29, 0.717) is 0 Å². The summed E-state index contributed by atoms with van der Waals surface area (Å²) in [6, 6.07) is 0. The largest absolute Gasteiger partial charge is 0.348 e. The van der Waals surface area contributed by atoms with Crippen LogP contribution < -0.4 is 10.2 Å². The Kier molecular flexibility index (Phi) is 4.44. The lowest BCUT2D eigenvalue weighted by atomic mass is 10.2. The molecule has 2 heterocycles. The Labute approximate surface area is 120 Å². The summed E-state index contributed by atoms with van der Waals surface area (Å²) >= 11 is 0. The van der Waals surface area contributed by atoms with E-state index in [2.05, 4.69) is 33.1 Å². The molecule has 1 N–H and O–H groups in total. The van der Waals surface area contributed by atoms with Crippen LogP contribution in [-0.4, -0.2) is 33.4 Å². The number of hydrogen-bond donors (Lipinski definition) is 1. The van der Waals surface area contributed by atoms with Gasteiger partial charge < -0.3 is 14.8 Å². The van der Waals surface area contributed by atoms with Gasteiger partial charge >= 0.3 is 0 Å². The van der Waals surface area contributed by atoms with Crippen molar-refractivity contribution < 1.29 is 0 Å². The van der Waals surface area contributed by atoms with Crippen LogP contribution in [0.3, 0.4) is 0 Å². The van der Waals surface area contributed by atoms with Gasteiger partial charge in [0.05, 0.1) is 17.6 Å². The summed E-state index contributed by atoms with van der Waals surface area (Å²) in [4.78, 5) is 6.42. The molecule has 2 aromatic rings. The molecule has 0 spiro atoms. The van der Waals surface area contributed by atoms with Crippen molar-refractivity contribution in [2.45, 2.75) is 26.4 Å². The van der Waals surface area contributed by atoms with Crippen molar-refractivity contribution in [3.8, 4) is 0 Å². The molecule has 6 nitrogen and oxygen atoms in total. The van der Waals surface area contributed by atoms with Gasteiger partial charge in [-0.15, -0.1) is 0 Å². The van der Waals surface area contributed by atoms with Crippen LogP contribution in [0.25, 0.3) is 0 Å². The first-order chi connectivity index (χ1) is 9.52. The number of aryl methyl sites for hydroxylation is 2. The van der Waals surface area contributed by atoms with Crippen molar-refractivity contribution in [3.05, 3.63) is 29.3 Å². The Hall–Kier alpha value is -1.82. The fourth-order valence-corrected chi connectivity index (χ4v) is 2.37. The second kappa shape index (κ2) is 6.09. The van der Waals surface area contributed by atoms with Crippen molar-refractivity contribution in [3.63, 3.8) is 0 Å². The molecule has 0 amide bonds. The van der Waals surface area contributed by atoms with Gasteiger partial charge in [-0.05, 0) is 6.42 Å². The molecule has 0 unspecified atom stereocenters. The summed E-state index contributed by atoms with van der Waals surface area (Å²) in [5.41, 5.74) is 3.61. The highest BCUT2D eigenvalue weighted by molar-refractivity contribution is 5.31. The minimum atomic E-state index is 0.801. The molecular formula is C14H24N6. The van der Waals surface area contributed by atoms with E-state index < -0.39 is 0 Å². The SMILES string of the molecule is CCc1nn(C)cc1CNCc1cnc(N(C)C)n1C. The number of nitrogens with zero attached hydrogens (tertiary/aromatic N) is 5. The van der Waals surface area contributed by atoms with E-state index in [1.165, 1.54) is 17.0 Å². The number of hydrogen-bond acceptors (Lipinski definition) is 4. The molecule has 0 aliphatic heterocycles. The summed E-state index contributed by atoms with van der Waals surface area (Å²) in [6.45, 7) is 3.77. The Morgan fingerprint density at radius 1 is 1.25 bits per heavy atom. The molecular weight excluding hydrogens is 252 g/mol. The lowest BCUT2D eigenvalue weighted by Gasteiger charge is -2.12. The maximum Gasteiger partial charge on any atom is 0.204 e. The molecule has 0 atom stereocenters. The fourth-order valence-electron chi connectivity index (χ4n) is 2.37. The van der Waals surface area contributed by atoms with E-state index in [9.17, 15) is 0 Å². The zero-order chi connectivity index (χ0) is 14.7. The lowest BCUT2D eigenvalue weighted by molar-refractivity contribution is 0.651. The molecule has 6 heteroatoms. The molecule has 2 rings (SSSR count). The van der Waals surface area contributed by atoms with Gasteiger partial charge in [-0.25, -0.2) is 4.98 Å². The van der Waals surface area contributed by atoms with Gasteiger partial charge in [0.2, 0.25) is 5.95 Å². The molecule has 0 saturated carbocycles. The van der Waals surface area contributed by atoms with Crippen molar-refractivity contribution in [2.75, 3.05) is 19.0 Å². The molecule has 0 aliphatic carbocycles. The molecule has 110 valence electrons. The summed E-state index contributed by atoms with van der Waals surface area (Å²) in [6.07, 6.45) is 4.97. The highest BCUT2D eigenvalue weighted by Gasteiger charge is 2.09. The van der Waals surface area contributed by atoms with E-state index in [1.54, 1.807) is 0 Å². The van der Waals surface area contributed by atoms with Gasteiger partial charge in [-0.3, -0.25) is 4.68 Å². The molecule has 20 heavy (non-hydrogen) atoms. The average molecular weight is 276 g/mol. The van der Waals surface area contributed by atoms with E-state index in [0.717, 1.165) is 25.5 Å². The van der Waals surface area contributed by atoms with Gasteiger partial charge in [-0.2, -0.15) is 5.10 Å². The number of nitrogens with one attached hydrogen (secondary N) is 1. The third kappa shape index (κ3) is 3.01. The lowest BCUT2D eigenvalue weighted by Crippen LogP contribution is -2.18. The first-order valence-electron chi connectivity index (χ1n) is 6.93. The third-order valence-corrected chi connectivity index (χ3v) is 3.41. The van der Waals surface area contributed by atoms with Crippen LogP contribution in [0.5, 0.6) is 0 Å². The topological polar surface area (TPSA) is 50.9 Å². The van der Waals surface area contributed by atoms with Gasteiger partial charge in [0.25, 0.3) is 0 Å². The Morgan fingerprint density at radius 2 is 2.00 bits per heavy atom. The van der Waals surface area contributed by atoms with Crippen LogP contribution in [0, 0.1) is 0 Å². The van der Waals surface area contributed by atoms with E-state index >= 15 is 0 Å². The quantitative estimate of drug-likeness (QED) is 0.857. The normalized spacial score (nSPS) is 11.1. The first kappa shape index (κ1) is 14.6. The van der Waals surface area contributed by atoms with Crippen molar-refractivity contribution in [1.82, 2.24) is 24.6 Å². The van der Waals surface area contributed by atoms with Crippen LogP contribution in [-0.2, 0) is 33.6 Å². The van der Waals surface area contributed by atoms with Crippen molar-refractivity contribution in [1.29, 1.82) is 0 Å². The van der Waals surface area contributed by atoms with Crippen LogP contribution in [0.4, 0.5) is 5.95 Å². The predicted octanol–water partition coefficient (Wildman–Crippen LogP) is 1.07. The second-order valence-electron chi connectivity index (χ2n) is 5.23. The van der Waals surface area contributed by atoms with E-state index in [4.69, 9.17) is 0 Å². The monoisotopic (exact) mass is 276 g/mol. The minimum Gasteiger partial charge on any atom is -0.348 e. The van der Waals surface area contributed by atoms with Gasteiger partial charge in [-0.1, -0.05) is 6.92 Å². The average Bonchev–Trinajstić information content (AvgIpc) is 2.93. The molecule has 0 bridgehead atoms.